The number of anilines is 1. The summed E-state index contributed by atoms with van der Waals surface area (Å²) in [6.45, 7) is 4.58. The summed E-state index contributed by atoms with van der Waals surface area (Å²) in [6, 6.07) is 5.88. The molecule has 2 aromatic rings. The Hall–Kier alpha value is -1.42. The molecule has 24 heavy (non-hydrogen) atoms. The van der Waals surface area contributed by atoms with Gasteiger partial charge in [0, 0.05) is 37.4 Å². The number of aliphatic imine (C=N–C) groups is 1. The van der Waals surface area contributed by atoms with Crippen LogP contribution in [0, 0.1) is 6.92 Å². The highest BCUT2D eigenvalue weighted by molar-refractivity contribution is 14.0. The van der Waals surface area contributed by atoms with Gasteiger partial charge >= 0.3 is 0 Å². The molecule has 0 aromatic carbocycles. The van der Waals surface area contributed by atoms with E-state index in [1.54, 1.807) is 24.6 Å². The van der Waals surface area contributed by atoms with Gasteiger partial charge in [0.15, 0.2) is 5.96 Å². The lowest BCUT2D eigenvalue weighted by atomic mass is 10.3. The van der Waals surface area contributed by atoms with Crippen LogP contribution in [0.3, 0.4) is 0 Å². The van der Waals surface area contributed by atoms with Crippen molar-refractivity contribution in [2.24, 2.45) is 4.99 Å². The maximum atomic E-state index is 4.33. The molecule has 0 aliphatic carbocycles. The SMILES string of the molecule is CN=C(NCCCCNc1ccccn1)NCc1ncc(C)s1.I. The molecule has 0 unspecified atom stereocenters. The van der Waals surface area contributed by atoms with E-state index in [1.165, 1.54) is 4.88 Å². The third-order valence-corrected chi connectivity index (χ3v) is 4.08. The number of unbranched alkanes of at least 4 members (excludes halogenated alkanes) is 1. The van der Waals surface area contributed by atoms with Crippen molar-refractivity contribution in [3.8, 4) is 0 Å². The molecule has 2 rings (SSSR count). The van der Waals surface area contributed by atoms with Crippen LogP contribution in [0.15, 0.2) is 35.6 Å². The molecule has 8 heteroatoms. The topological polar surface area (TPSA) is 74.2 Å². The summed E-state index contributed by atoms with van der Waals surface area (Å²) in [6.07, 6.45) is 5.83. The van der Waals surface area contributed by atoms with Gasteiger partial charge in [-0.05, 0) is 31.9 Å². The van der Waals surface area contributed by atoms with E-state index in [0.717, 1.165) is 42.7 Å². The Morgan fingerprint density at radius 2 is 2.00 bits per heavy atom. The molecule has 2 aromatic heterocycles. The van der Waals surface area contributed by atoms with E-state index in [4.69, 9.17) is 0 Å². The van der Waals surface area contributed by atoms with Crippen LogP contribution in [0.5, 0.6) is 0 Å². The molecule has 6 nitrogen and oxygen atoms in total. The summed E-state index contributed by atoms with van der Waals surface area (Å²) in [7, 11) is 1.78. The summed E-state index contributed by atoms with van der Waals surface area (Å²) in [5, 5.41) is 11.0. The molecule has 0 saturated heterocycles. The van der Waals surface area contributed by atoms with Crippen LogP contribution in [0.1, 0.15) is 22.7 Å². The summed E-state index contributed by atoms with van der Waals surface area (Å²) < 4.78 is 0. The summed E-state index contributed by atoms with van der Waals surface area (Å²) >= 11 is 1.70. The molecule has 0 aliphatic rings. The van der Waals surface area contributed by atoms with Crippen molar-refractivity contribution >= 4 is 47.1 Å². The Kier molecular flexibility index (Phi) is 10.3. The number of hydrogen-bond donors (Lipinski definition) is 3. The van der Waals surface area contributed by atoms with Gasteiger partial charge in [0.1, 0.15) is 10.8 Å². The minimum Gasteiger partial charge on any atom is -0.370 e. The van der Waals surface area contributed by atoms with Gasteiger partial charge < -0.3 is 16.0 Å². The molecule has 2 heterocycles. The highest BCUT2D eigenvalue weighted by Crippen LogP contribution is 2.10. The number of aromatic nitrogens is 2. The van der Waals surface area contributed by atoms with Crippen LogP contribution >= 0.6 is 35.3 Å². The Morgan fingerprint density at radius 1 is 1.17 bits per heavy atom. The van der Waals surface area contributed by atoms with Crippen molar-refractivity contribution in [1.82, 2.24) is 20.6 Å². The molecule has 0 spiro atoms. The smallest absolute Gasteiger partial charge is 0.191 e. The van der Waals surface area contributed by atoms with Gasteiger partial charge in [-0.25, -0.2) is 9.97 Å². The number of guanidine groups is 1. The standard InChI is InChI=1S/C16H24N6S.HI/c1-13-11-21-15(23-13)12-22-16(17-2)20-10-6-5-9-19-14-7-3-4-8-18-14;/h3-4,7-8,11H,5-6,9-10,12H2,1-2H3,(H,18,19)(H2,17,20,22);1H. The first kappa shape index (κ1) is 20.6. The van der Waals surface area contributed by atoms with Gasteiger partial charge in [-0.1, -0.05) is 6.07 Å². The lowest BCUT2D eigenvalue weighted by Crippen LogP contribution is -2.37. The number of pyridine rings is 1. The molecule has 0 fully saturated rings. The first-order valence-electron chi connectivity index (χ1n) is 7.78. The number of nitrogens with zero attached hydrogens (tertiary/aromatic N) is 3. The normalized spacial score (nSPS) is 10.8. The van der Waals surface area contributed by atoms with Crippen molar-refractivity contribution in [3.05, 3.63) is 40.5 Å². The maximum Gasteiger partial charge on any atom is 0.191 e. The molecular weight excluding hydrogens is 435 g/mol. The van der Waals surface area contributed by atoms with E-state index in [9.17, 15) is 0 Å². The number of hydrogen-bond acceptors (Lipinski definition) is 5. The highest BCUT2D eigenvalue weighted by Gasteiger charge is 2.01. The van der Waals surface area contributed by atoms with Crippen molar-refractivity contribution in [2.75, 3.05) is 25.5 Å². The van der Waals surface area contributed by atoms with Gasteiger partial charge in [-0.2, -0.15) is 0 Å². The third-order valence-electron chi connectivity index (χ3n) is 3.17. The molecule has 0 saturated carbocycles. The average Bonchev–Trinajstić information content (AvgIpc) is 3.00. The van der Waals surface area contributed by atoms with E-state index in [0.29, 0.717) is 6.54 Å². The number of rotatable bonds is 8. The Morgan fingerprint density at radius 3 is 2.67 bits per heavy atom. The van der Waals surface area contributed by atoms with Gasteiger partial charge in [0.05, 0.1) is 6.54 Å². The van der Waals surface area contributed by atoms with Gasteiger partial charge in [0.2, 0.25) is 0 Å². The Balaban J connectivity index is 0.00000288. The quantitative estimate of drug-likeness (QED) is 0.245. The molecule has 0 bridgehead atoms. The molecule has 3 N–H and O–H groups in total. The van der Waals surface area contributed by atoms with Crippen LogP contribution in [-0.2, 0) is 6.54 Å². The fourth-order valence-corrected chi connectivity index (χ4v) is 2.73. The van der Waals surface area contributed by atoms with E-state index in [-0.39, 0.29) is 24.0 Å². The molecule has 0 atom stereocenters. The Labute approximate surface area is 164 Å². The summed E-state index contributed by atoms with van der Waals surface area (Å²) in [5.41, 5.74) is 0. The molecular formula is C16H25IN6S. The zero-order valence-corrected chi connectivity index (χ0v) is 17.2. The van der Waals surface area contributed by atoms with E-state index >= 15 is 0 Å². The third kappa shape index (κ3) is 7.91. The second-order valence-corrected chi connectivity index (χ2v) is 6.39. The minimum absolute atomic E-state index is 0. The zero-order chi connectivity index (χ0) is 16.3. The molecule has 0 aliphatic heterocycles. The van der Waals surface area contributed by atoms with E-state index in [2.05, 4.69) is 37.8 Å². The molecule has 132 valence electrons. The fraction of sp³-hybridized carbons (Fsp3) is 0.438. The van der Waals surface area contributed by atoms with Crippen LogP contribution in [0.2, 0.25) is 0 Å². The fourth-order valence-electron chi connectivity index (χ4n) is 2.00. The zero-order valence-electron chi connectivity index (χ0n) is 14.1. The van der Waals surface area contributed by atoms with E-state index < -0.39 is 0 Å². The molecule has 0 amide bonds. The molecule has 0 radical (unpaired) electrons. The van der Waals surface area contributed by atoms with Crippen LogP contribution in [0.25, 0.3) is 0 Å². The van der Waals surface area contributed by atoms with Gasteiger partial charge in [-0.15, -0.1) is 35.3 Å². The van der Waals surface area contributed by atoms with Crippen LogP contribution in [-0.4, -0.2) is 36.1 Å². The van der Waals surface area contributed by atoms with Gasteiger partial charge in [-0.3, -0.25) is 4.99 Å². The summed E-state index contributed by atoms with van der Waals surface area (Å²) in [5.74, 6) is 1.74. The van der Waals surface area contributed by atoms with Crippen LogP contribution in [0.4, 0.5) is 5.82 Å². The summed E-state index contributed by atoms with van der Waals surface area (Å²) in [4.78, 5) is 14.0. The number of nitrogens with one attached hydrogen (secondary N) is 3. The monoisotopic (exact) mass is 460 g/mol. The predicted octanol–water partition coefficient (Wildman–Crippen LogP) is 3.02. The van der Waals surface area contributed by atoms with Crippen molar-refractivity contribution < 1.29 is 0 Å². The minimum atomic E-state index is 0. The van der Waals surface area contributed by atoms with Gasteiger partial charge in [0.25, 0.3) is 0 Å². The first-order chi connectivity index (χ1) is 11.3. The largest absolute Gasteiger partial charge is 0.370 e. The maximum absolute atomic E-state index is 4.33. The predicted molar refractivity (Wildman–Crippen MR) is 112 cm³/mol. The second kappa shape index (κ2) is 12.0. The highest BCUT2D eigenvalue weighted by atomic mass is 127. The van der Waals surface area contributed by atoms with Crippen molar-refractivity contribution in [3.63, 3.8) is 0 Å². The van der Waals surface area contributed by atoms with E-state index in [1.807, 2.05) is 24.4 Å². The van der Waals surface area contributed by atoms with Crippen molar-refractivity contribution in [1.29, 1.82) is 0 Å². The number of thiazole rings is 1. The number of aryl methyl sites for hydroxylation is 1. The average molecular weight is 460 g/mol. The number of halogens is 1. The van der Waals surface area contributed by atoms with Crippen molar-refractivity contribution in [2.45, 2.75) is 26.3 Å². The Bertz CT molecular complexity index is 602. The lowest BCUT2D eigenvalue weighted by molar-refractivity contribution is 0.711. The first-order valence-corrected chi connectivity index (χ1v) is 8.60. The van der Waals surface area contributed by atoms with Crippen LogP contribution < -0.4 is 16.0 Å². The second-order valence-electron chi connectivity index (χ2n) is 5.07. The lowest BCUT2D eigenvalue weighted by Gasteiger charge is -2.11.